The molecule has 2 heteroatoms. The maximum Gasteiger partial charge on any atom is 0.0483 e. The van der Waals surface area contributed by atoms with Crippen LogP contribution in [0, 0.1) is 0 Å². The van der Waals surface area contributed by atoms with Crippen LogP contribution in [0.1, 0.15) is 13.8 Å². The second-order valence-corrected chi connectivity index (χ2v) is 1.09. The average molecular weight is 155 g/mol. The van der Waals surface area contributed by atoms with Gasteiger partial charge in [0.1, 0.15) is 0 Å². The molecule has 40 valence electrons. The zero-order valence-electron chi connectivity index (χ0n) is 4.40. The fourth-order valence-electron chi connectivity index (χ4n) is 0. The predicted molar refractivity (Wildman–Crippen MR) is 32.2 cm³/mol. The largest absolute Gasteiger partial charge is 0.394 e. The molecule has 0 aromatic carbocycles. The fraction of sp³-hybridized carbons (Fsp3) is 1.00. The Labute approximate surface area is 47.5 Å². The summed E-state index contributed by atoms with van der Waals surface area (Å²) in [5.41, 5.74) is 0. The summed E-state index contributed by atoms with van der Waals surface area (Å²) in [7, 11) is 0. The van der Waals surface area contributed by atoms with Crippen molar-refractivity contribution < 1.29 is 5.11 Å². The molecule has 0 aromatic rings. The third-order valence-corrected chi connectivity index (χ3v) is 0. The Bertz CT molecular complexity index is 12.3. The van der Waals surface area contributed by atoms with Gasteiger partial charge in [0.15, 0.2) is 0 Å². The maximum atomic E-state index is 8.06. The third-order valence-electron chi connectivity index (χ3n) is 0. The molecule has 0 saturated carbocycles. The molecule has 0 aliphatic carbocycles. The highest BCUT2D eigenvalue weighted by molar-refractivity contribution is 9.08. The maximum absolute atomic E-state index is 8.06. The molecule has 0 unspecified atom stereocenters. The van der Waals surface area contributed by atoms with Crippen LogP contribution >= 0.6 is 15.9 Å². The van der Waals surface area contributed by atoms with Crippen LogP contribution in [-0.2, 0) is 0 Å². The van der Waals surface area contributed by atoms with E-state index >= 15 is 0 Å². The molecule has 0 aliphatic heterocycles. The highest BCUT2D eigenvalue weighted by Crippen LogP contribution is 1.65. The van der Waals surface area contributed by atoms with Gasteiger partial charge in [0.25, 0.3) is 0 Å². The van der Waals surface area contributed by atoms with E-state index in [-0.39, 0.29) is 6.10 Å². The quantitative estimate of drug-likeness (QED) is 0.524. The molecule has 0 radical (unpaired) electrons. The van der Waals surface area contributed by atoms with Crippen molar-refractivity contribution in [1.29, 1.82) is 0 Å². The van der Waals surface area contributed by atoms with Crippen LogP contribution in [-0.4, -0.2) is 17.0 Å². The lowest BCUT2D eigenvalue weighted by molar-refractivity contribution is 0.216. The summed E-state index contributed by atoms with van der Waals surface area (Å²) < 4.78 is 0. The van der Waals surface area contributed by atoms with Crippen molar-refractivity contribution in [3.63, 3.8) is 0 Å². The smallest absolute Gasteiger partial charge is 0.0483 e. The molecule has 0 rings (SSSR count). The molecule has 0 spiro atoms. The van der Waals surface area contributed by atoms with Gasteiger partial charge in [-0.05, 0) is 19.7 Å². The number of alkyl halides is 1. The molecule has 0 aliphatic rings. The third kappa shape index (κ3) is 271. The van der Waals surface area contributed by atoms with Gasteiger partial charge in [-0.25, -0.2) is 0 Å². The Morgan fingerprint density at radius 2 is 1.33 bits per heavy atom. The Morgan fingerprint density at radius 1 is 1.33 bits per heavy atom. The van der Waals surface area contributed by atoms with Crippen LogP contribution in [0.5, 0.6) is 0 Å². The Kier molecular flexibility index (Phi) is 14.6. The first-order valence-electron chi connectivity index (χ1n) is 1.79. The number of halogens is 1. The number of aliphatic hydroxyl groups is 1. The first-order valence-corrected chi connectivity index (χ1v) is 3.38. The van der Waals surface area contributed by atoms with Gasteiger partial charge in [-0.1, -0.05) is 15.9 Å². The zero-order chi connectivity index (χ0) is 5.58. The summed E-state index contributed by atoms with van der Waals surface area (Å²) in [4.78, 5) is 0. The lowest BCUT2D eigenvalue weighted by atomic mass is 10.5. The lowest BCUT2D eigenvalue weighted by Crippen LogP contribution is -1.85. The van der Waals surface area contributed by atoms with Gasteiger partial charge in [-0.2, -0.15) is 0 Å². The minimum atomic E-state index is -0.167. The molecule has 0 saturated heterocycles. The second kappa shape index (κ2) is 9.06. The summed E-state index contributed by atoms with van der Waals surface area (Å²) in [6, 6.07) is 0. The molecule has 0 bridgehead atoms. The number of hydrogen-bond donors (Lipinski definition) is 1. The van der Waals surface area contributed by atoms with Gasteiger partial charge in [0.05, 0.1) is 0 Å². The van der Waals surface area contributed by atoms with Crippen molar-refractivity contribution in [1.82, 2.24) is 0 Å². The molecule has 0 atom stereocenters. The van der Waals surface area contributed by atoms with E-state index in [0.717, 1.165) is 0 Å². The van der Waals surface area contributed by atoms with Gasteiger partial charge >= 0.3 is 0 Å². The second-order valence-electron chi connectivity index (χ2n) is 1.09. The molecule has 0 fully saturated rings. The number of hydrogen-bond acceptors (Lipinski definition) is 1. The van der Waals surface area contributed by atoms with Crippen LogP contribution in [0.4, 0.5) is 0 Å². The molecule has 0 amide bonds. The van der Waals surface area contributed by atoms with Crippen molar-refractivity contribution in [2.75, 3.05) is 5.83 Å². The van der Waals surface area contributed by atoms with Gasteiger partial charge in [-0.15, -0.1) is 0 Å². The highest BCUT2D eigenvalue weighted by Gasteiger charge is 1.69. The van der Waals surface area contributed by atoms with E-state index in [1.54, 1.807) is 13.8 Å². The van der Waals surface area contributed by atoms with Crippen LogP contribution < -0.4 is 0 Å². The molecule has 1 nitrogen and oxygen atoms in total. The van der Waals surface area contributed by atoms with E-state index in [4.69, 9.17) is 5.11 Å². The summed E-state index contributed by atoms with van der Waals surface area (Å²) >= 11 is 2.94. The Morgan fingerprint density at radius 3 is 1.33 bits per heavy atom. The first-order chi connectivity index (χ1) is 2.73. The minimum absolute atomic E-state index is 0.167. The summed E-state index contributed by atoms with van der Waals surface area (Å²) in [5, 5.41) is 8.06. The van der Waals surface area contributed by atoms with E-state index < -0.39 is 0 Å². The van der Waals surface area contributed by atoms with Gasteiger partial charge < -0.3 is 5.11 Å². The molecular formula is C4H11BrO. The summed E-state index contributed by atoms with van der Waals surface area (Å²) in [6.45, 7) is 3.44. The standard InChI is InChI=1S/C3H8O.CH3Br/c1-3(2)4;1-2/h3-4H,1-2H3;1H3. The Balaban J connectivity index is 0. The van der Waals surface area contributed by atoms with E-state index in [0.29, 0.717) is 0 Å². The average Bonchev–Trinajstić information content (AvgIpc) is 1.41. The van der Waals surface area contributed by atoms with Crippen molar-refractivity contribution in [2.45, 2.75) is 20.0 Å². The first kappa shape index (κ1) is 9.67. The van der Waals surface area contributed by atoms with E-state index in [9.17, 15) is 0 Å². The molecular weight excluding hydrogens is 144 g/mol. The van der Waals surface area contributed by atoms with E-state index in [2.05, 4.69) is 15.9 Å². The number of aliphatic hydroxyl groups excluding tert-OH is 1. The monoisotopic (exact) mass is 154 g/mol. The van der Waals surface area contributed by atoms with Crippen molar-refractivity contribution in [2.24, 2.45) is 0 Å². The van der Waals surface area contributed by atoms with Gasteiger partial charge in [-0.3, -0.25) is 0 Å². The molecule has 1 N–H and O–H groups in total. The SMILES string of the molecule is CBr.CC(C)O. The summed E-state index contributed by atoms with van der Waals surface area (Å²) in [5.74, 6) is 1.81. The van der Waals surface area contributed by atoms with Gasteiger partial charge in [0.2, 0.25) is 0 Å². The fourth-order valence-corrected chi connectivity index (χ4v) is 0. The lowest BCUT2D eigenvalue weighted by Gasteiger charge is -1.80. The topological polar surface area (TPSA) is 20.2 Å². The van der Waals surface area contributed by atoms with Crippen molar-refractivity contribution in [3.8, 4) is 0 Å². The predicted octanol–water partition coefficient (Wildman–Crippen LogP) is 1.40. The van der Waals surface area contributed by atoms with Gasteiger partial charge in [0, 0.05) is 6.10 Å². The highest BCUT2D eigenvalue weighted by atomic mass is 79.9. The van der Waals surface area contributed by atoms with Crippen LogP contribution in [0.2, 0.25) is 0 Å². The molecule has 0 aromatic heterocycles. The summed E-state index contributed by atoms with van der Waals surface area (Å²) in [6.07, 6.45) is -0.167. The van der Waals surface area contributed by atoms with Crippen molar-refractivity contribution >= 4 is 15.9 Å². The van der Waals surface area contributed by atoms with Crippen molar-refractivity contribution in [3.05, 3.63) is 0 Å². The minimum Gasteiger partial charge on any atom is -0.394 e. The normalized spacial score (nSPS) is 7.00. The zero-order valence-corrected chi connectivity index (χ0v) is 5.99. The molecule has 0 heterocycles. The van der Waals surface area contributed by atoms with E-state index in [1.807, 2.05) is 5.83 Å². The van der Waals surface area contributed by atoms with Crippen LogP contribution in [0.3, 0.4) is 0 Å². The number of rotatable bonds is 0. The Hall–Kier alpha value is 0.440. The van der Waals surface area contributed by atoms with E-state index in [1.165, 1.54) is 0 Å². The molecule has 6 heavy (non-hydrogen) atoms. The van der Waals surface area contributed by atoms with Crippen LogP contribution in [0.25, 0.3) is 0 Å². The van der Waals surface area contributed by atoms with Crippen LogP contribution in [0.15, 0.2) is 0 Å².